The average molecular weight is 313 g/mol. The molecule has 3 N–H and O–H groups in total. The molecule has 110 valence electrons. The Labute approximate surface area is 126 Å². The number of oxime groups is 1. The molecule has 0 spiro atoms. The molecule has 1 aliphatic rings. The van der Waals surface area contributed by atoms with Gasteiger partial charge in [-0.05, 0) is 41.5 Å². The molecule has 2 heterocycles. The normalized spacial score (nSPS) is 19.1. The Bertz CT molecular complexity index is 480. The van der Waals surface area contributed by atoms with Gasteiger partial charge in [-0.25, -0.2) is 0 Å². The molecule has 5 nitrogen and oxygen atoms in total. The largest absolute Gasteiger partial charge is 0.409 e. The van der Waals surface area contributed by atoms with E-state index in [9.17, 15) is 4.79 Å². The van der Waals surface area contributed by atoms with Crippen molar-refractivity contribution in [2.24, 2.45) is 10.9 Å². The average Bonchev–Trinajstić information content (AvgIpc) is 2.99. The van der Waals surface area contributed by atoms with E-state index in [-0.39, 0.29) is 16.5 Å². The zero-order chi connectivity index (χ0) is 14.6. The fourth-order valence-corrected chi connectivity index (χ4v) is 3.96. The molecular formula is C13H19N3O2S2. The summed E-state index contributed by atoms with van der Waals surface area (Å²) in [5.74, 6) is 0.410. The summed E-state index contributed by atoms with van der Waals surface area (Å²) < 4.78 is -0.339. The number of nitrogens with zero attached hydrogens (tertiary/aromatic N) is 2. The molecule has 1 fully saturated rings. The molecule has 0 unspecified atom stereocenters. The summed E-state index contributed by atoms with van der Waals surface area (Å²) in [5.41, 5.74) is 6.87. The van der Waals surface area contributed by atoms with Crippen LogP contribution in [-0.2, 0) is 11.2 Å². The Balaban J connectivity index is 1.95. The number of hydrogen-bond acceptors (Lipinski definition) is 5. The van der Waals surface area contributed by atoms with Crippen LogP contribution in [0.15, 0.2) is 22.0 Å². The summed E-state index contributed by atoms with van der Waals surface area (Å²) in [5, 5.41) is 16.0. The van der Waals surface area contributed by atoms with E-state index in [4.69, 9.17) is 10.9 Å². The molecule has 0 saturated carbocycles. The van der Waals surface area contributed by atoms with Gasteiger partial charge in [-0.2, -0.15) is 23.1 Å². The van der Waals surface area contributed by atoms with Crippen molar-refractivity contribution in [3.05, 3.63) is 22.4 Å². The third-order valence-electron chi connectivity index (χ3n) is 3.82. The second kappa shape index (κ2) is 6.49. The number of amidine groups is 1. The van der Waals surface area contributed by atoms with Gasteiger partial charge < -0.3 is 15.8 Å². The summed E-state index contributed by atoms with van der Waals surface area (Å²) in [6.07, 6.45) is 3.86. The molecule has 1 amide bonds. The lowest BCUT2D eigenvalue weighted by molar-refractivity contribution is -0.131. The molecule has 20 heavy (non-hydrogen) atoms. The molecule has 1 aliphatic heterocycles. The molecule has 1 saturated heterocycles. The number of hydrogen-bond donors (Lipinski definition) is 2. The highest BCUT2D eigenvalue weighted by Gasteiger charge is 2.39. The van der Waals surface area contributed by atoms with Crippen LogP contribution >= 0.6 is 23.1 Å². The standard InChI is InChI=1S/C13H19N3O2S2/c1-19-13(12(14)15-18)3-5-16(6-4-13)11(17)8-10-2-7-20-9-10/h2,7,9,18H,3-6,8H2,1H3,(H2,14,15). The van der Waals surface area contributed by atoms with Gasteiger partial charge in [0.2, 0.25) is 5.91 Å². The Kier molecular flexibility index (Phi) is 4.93. The zero-order valence-electron chi connectivity index (χ0n) is 11.4. The highest BCUT2D eigenvalue weighted by molar-refractivity contribution is 8.00. The topological polar surface area (TPSA) is 78.9 Å². The van der Waals surface area contributed by atoms with Crippen LogP contribution in [0.1, 0.15) is 18.4 Å². The number of piperidine rings is 1. The van der Waals surface area contributed by atoms with E-state index in [2.05, 4.69) is 5.16 Å². The van der Waals surface area contributed by atoms with Crippen LogP contribution in [0, 0.1) is 0 Å². The molecule has 0 bridgehead atoms. The van der Waals surface area contributed by atoms with Crippen molar-refractivity contribution in [3.8, 4) is 0 Å². The first kappa shape index (κ1) is 15.2. The van der Waals surface area contributed by atoms with E-state index in [0.717, 1.165) is 18.4 Å². The van der Waals surface area contributed by atoms with Crippen LogP contribution in [0.4, 0.5) is 0 Å². The van der Waals surface area contributed by atoms with Crippen LogP contribution in [0.3, 0.4) is 0 Å². The lowest BCUT2D eigenvalue weighted by Gasteiger charge is -2.39. The van der Waals surface area contributed by atoms with E-state index >= 15 is 0 Å². The third kappa shape index (κ3) is 3.09. The fraction of sp³-hybridized carbons (Fsp3) is 0.538. The minimum Gasteiger partial charge on any atom is -0.409 e. The van der Waals surface area contributed by atoms with Crippen molar-refractivity contribution in [1.82, 2.24) is 4.90 Å². The zero-order valence-corrected chi connectivity index (χ0v) is 13.0. The molecule has 0 aromatic carbocycles. The highest BCUT2D eigenvalue weighted by Crippen LogP contribution is 2.35. The van der Waals surface area contributed by atoms with E-state index in [0.29, 0.717) is 19.5 Å². The molecule has 2 rings (SSSR count). The number of thioether (sulfide) groups is 1. The Morgan fingerprint density at radius 3 is 2.80 bits per heavy atom. The minimum absolute atomic E-state index is 0.151. The molecule has 7 heteroatoms. The Morgan fingerprint density at radius 1 is 1.60 bits per heavy atom. The van der Waals surface area contributed by atoms with E-state index < -0.39 is 0 Å². The first-order valence-electron chi connectivity index (χ1n) is 6.43. The molecule has 1 aromatic rings. The van der Waals surface area contributed by atoms with Gasteiger partial charge in [0, 0.05) is 13.1 Å². The van der Waals surface area contributed by atoms with Gasteiger partial charge in [-0.15, -0.1) is 0 Å². The molecular weight excluding hydrogens is 294 g/mol. The molecule has 1 aromatic heterocycles. The Hall–Kier alpha value is -1.21. The first-order chi connectivity index (χ1) is 9.61. The number of likely N-dealkylation sites (tertiary alicyclic amines) is 1. The van der Waals surface area contributed by atoms with Crippen LogP contribution in [-0.4, -0.2) is 45.9 Å². The van der Waals surface area contributed by atoms with E-state index in [1.54, 1.807) is 23.1 Å². The predicted molar refractivity (Wildman–Crippen MR) is 83.5 cm³/mol. The quantitative estimate of drug-likeness (QED) is 0.384. The molecule has 0 radical (unpaired) electrons. The third-order valence-corrected chi connectivity index (χ3v) is 5.96. The van der Waals surface area contributed by atoms with Crippen molar-refractivity contribution in [1.29, 1.82) is 0 Å². The summed E-state index contributed by atoms with van der Waals surface area (Å²) in [6, 6.07) is 1.98. The van der Waals surface area contributed by atoms with Crippen LogP contribution < -0.4 is 5.73 Å². The summed E-state index contributed by atoms with van der Waals surface area (Å²) in [7, 11) is 0. The van der Waals surface area contributed by atoms with Crippen molar-refractivity contribution in [2.45, 2.75) is 24.0 Å². The van der Waals surface area contributed by atoms with Gasteiger partial charge in [0.05, 0.1) is 11.2 Å². The van der Waals surface area contributed by atoms with Gasteiger partial charge in [0.1, 0.15) is 0 Å². The first-order valence-corrected chi connectivity index (χ1v) is 8.60. The van der Waals surface area contributed by atoms with Gasteiger partial charge >= 0.3 is 0 Å². The number of carbonyl (C=O) groups is 1. The maximum absolute atomic E-state index is 12.2. The SMILES string of the molecule is CSC1(C(N)=NO)CCN(C(=O)Cc2ccsc2)CC1. The van der Waals surface area contributed by atoms with Crippen molar-refractivity contribution in [3.63, 3.8) is 0 Å². The molecule has 0 atom stereocenters. The second-order valence-electron chi connectivity index (χ2n) is 4.87. The minimum atomic E-state index is -0.339. The fourth-order valence-electron chi connectivity index (χ4n) is 2.45. The maximum Gasteiger partial charge on any atom is 0.227 e. The monoisotopic (exact) mass is 313 g/mol. The maximum atomic E-state index is 12.2. The second-order valence-corrected chi connectivity index (χ2v) is 6.84. The van der Waals surface area contributed by atoms with Crippen LogP contribution in [0.25, 0.3) is 0 Å². The predicted octanol–water partition coefficient (Wildman–Crippen LogP) is 1.76. The van der Waals surface area contributed by atoms with Crippen molar-refractivity contribution >= 4 is 34.8 Å². The summed E-state index contributed by atoms with van der Waals surface area (Å²) >= 11 is 3.20. The number of nitrogens with two attached hydrogens (primary N) is 1. The van der Waals surface area contributed by atoms with Gasteiger partial charge in [0.15, 0.2) is 5.84 Å². The molecule has 0 aliphatic carbocycles. The smallest absolute Gasteiger partial charge is 0.227 e. The number of thiophene rings is 1. The lowest BCUT2D eigenvalue weighted by atomic mass is 9.94. The van der Waals surface area contributed by atoms with Gasteiger partial charge in [-0.3, -0.25) is 4.79 Å². The number of amides is 1. The summed E-state index contributed by atoms with van der Waals surface area (Å²) in [6.45, 7) is 1.31. The Morgan fingerprint density at radius 2 is 2.30 bits per heavy atom. The lowest BCUT2D eigenvalue weighted by Crippen LogP contribution is -2.51. The van der Waals surface area contributed by atoms with Gasteiger partial charge in [-0.1, -0.05) is 5.16 Å². The van der Waals surface area contributed by atoms with E-state index in [1.807, 2.05) is 28.0 Å². The van der Waals surface area contributed by atoms with E-state index in [1.165, 1.54) is 0 Å². The highest BCUT2D eigenvalue weighted by atomic mass is 32.2. The van der Waals surface area contributed by atoms with Crippen LogP contribution in [0.5, 0.6) is 0 Å². The number of carbonyl (C=O) groups excluding carboxylic acids is 1. The van der Waals surface area contributed by atoms with Crippen LogP contribution in [0.2, 0.25) is 0 Å². The van der Waals surface area contributed by atoms with Crippen molar-refractivity contribution in [2.75, 3.05) is 19.3 Å². The summed E-state index contributed by atoms with van der Waals surface area (Å²) in [4.78, 5) is 14.1. The van der Waals surface area contributed by atoms with Crippen molar-refractivity contribution < 1.29 is 10.0 Å². The van der Waals surface area contributed by atoms with Gasteiger partial charge in [0.25, 0.3) is 0 Å². The number of rotatable bonds is 4.